The number of hydrogen-bond donors (Lipinski definition) is 2. The van der Waals surface area contributed by atoms with Gasteiger partial charge in [-0.1, -0.05) is 0 Å². The van der Waals surface area contributed by atoms with Crippen molar-refractivity contribution in [1.29, 1.82) is 0 Å². The van der Waals surface area contributed by atoms with Crippen molar-refractivity contribution in [1.82, 2.24) is 20.2 Å². The highest BCUT2D eigenvalue weighted by atomic mass is 16.5. The maximum absolute atomic E-state index is 11.8. The number of morpholine rings is 1. The molecule has 33 heavy (non-hydrogen) atoms. The van der Waals surface area contributed by atoms with Gasteiger partial charge in [-0.25, -0.2) is 14.8 Å². The lowest BCUT2D eigenvalue weighted by Gasteiger charge is -2.37. The van der Waals surface area contributed by atoms with E-state index in [1.807, 2.05) is 31.2 Å². The summed E-state index contributed by atoms with van der Waals surface area (Å²) in [6.07, 6.45) is 3.89. The van der Waals surface area contributed by atoms with Gasteiger partial charge in [0.2, 0.25) is 0 Å². The lowest BCUT2D eigenvalue weighted by Crippen LogP contribution is -2.44. The topological polar surface area (TPSA) is 82.6 Å². The smallest absolute Gasteiger partial charge is 0.319 e. The van der Waals surface area contributed by atoms with Crippen LogP contribution in [0.15, 0.2) is 24.3 Å². The molecule has 0 radical (unpaired) electrons. The molecule has 2 bridgehead atoms. The number of aromatic nitrogens is 2. The Bertz CT molecular complexity index is 997. The highest BCUT2D eigenvalue weighted by Gasteiger charge is 2.36. The molecule has 2 aromatic rings. The van der Waals surface area contributed by atoms with Gasteiger partial charge in [0.1, 0.15) is 5.82 Å². The monoisotopic (exact) mass is 450 g/mol. The Kier molecular flexibility index (Phi) is 6.21. The van der Waals surface area contributed by atoms with Crippen LogP contribution in [0.25, 0.3) is 11.4 Å². The molecule has 0 saturated carbocycles. The van der Waals surface area contributed by atoms with E-state index in [2.05, 4.69) is 34.3 Å². The van der Waals surface area contributed by atoms with Crippen LogP contribution in [0.1, 0.15) is 44.9 Å². The number of nitrogens with one attached hydrogen (secondary N) is 2. The first kappa shape index (κ1) is 22.1. The largest absolute Gasteiger partial charge is 0.371 e. The van der Waals surface area contributed by atoms with E-state index in [4.69, 9.17) is 14.7 Å². The van der Waals surface area contributed by atoms with Gasteiger partial charge in [-0.15, -0.1) is 0 Å². The molecule has 8 nitrogen and oxygen atoms in total. The van der Waals surface area contributed by atoms with Crippen LogP contribution in [0, 0.1) is 0 Å². The number of ether oxygens (including phenoxy) is 1. The average molecular weight is 451 g/mol. The lowest BCUT2D eigenvalue weighted by atomic mass is 10.0. The van der Waals surface area contributed by atoms with Crippen LogP contribution >= 0.6 is 0 Å². The van der Waals surface area contributed by atoms with Crippen molar-refractivity contribution >= 4 is 17.5 Å². The zero-order valence-corrected chi connectivity index (χ0v) is 19.8. The second kappa shape index (κ2) is 9.27. The highest BCUT2D eigenvalue weighted by Crippen LogP contribution is 2.34. The van der Waals surface area contributed by atoms with Gasteiger partial charge in [0.25, 0.3) is 0 Å². The molecule has 3 aliphatic rings. The number of urea groups is 1. The van der Waals surface area contributed by atoms with Gasteiger partial charge in [0, 0.05) is 55.6 Å². The van der Waals surface area contributed by atoms with E-state index in [0.717, 1.165) is 74.0 Å². The summed E-state index contributed by atoms with van der Waals surface area (Å²) >= 11 is 0. The van der Waals surface area contributed by atoms with Crippen LogP contribution in [0.2, 0.25) is 0 Å². The molecular formula is C25H34N6O2. The number of nitrogens with zero attached hydrogens (tertiary/aromatic N) is 4. The Morgan fingerprint density at radius 1 is 1.15 bits per heavy atom. The van der Waals surface area contributed by atoms with E-state index < -0.39 is 0 Å². The van der Waals surface area contributed by atoms with Gasteiger partial charge in [0.15, 0.2) is 5.82 Å². The molecule has 2 fully saturated rings. The molecule has 4 heterocycles. The Morgan fingerprint density at radius 3 is 2.55 bits per heavy atom. The van der Waals surface area contributed by atoms with Gasteiger partial charge < -0.3 is 20.3 Å². The minimum atomic E-state index is -0.201. The summed E-state index contributed by atoms with van der Waals surface area (Å²) in [6, 6.07) is 8.07. The third kappa shape index (κ3) is 4.68. The number of amides is 2. The minimum Gasteiger partial charge on any atom is -0.371 e. The summed E-state index contributed by atoms with van der Waals surface area (Å²) < 4.78 is 6.09. The van der Waals surface area contributed by atoms with Crippen LogP contribution in [-0.2, 0) is 17.7 Å². The summed E-state index contributed by atoms with van der Waals surface area (Å²) in [5.41, 5.74) is 4.14. The van der Waals surface area contributed by atoms with Crippen molar-refractivity contribution in [3.05, 3.63) is 35.5 Å². The number of carbonyl (C=O) groups is 1. The zero-order valence-electron chi connectivity index (χ0n) is 19.8. The molecule has 0 spiro atoms. The van der Waals surface area contributed by atoms with Gasteiger partial charge in [-0.3, -0.25) is 4.90 Å². The third-order valence-electron chi connectivity index (χ3n) is 6.88. The predicted molar refractivity (Wildman–Crippen MR) is 130 cm³/mol. The standard InChI is InChI=1S/C25H34N6O2/c1-4-26-25(32)27-18-7-5-17(6-8-18)23-28-22-15-30(16(2)3)12-11-21(22)24(29-23)31-13-19-9-10-20(14-31)33-19/h5-8,16,19-20H,4,9-15H2,1-3H3,(H2,26,27,32)/t19-,20+. The predicted octanol–water partition coefficient (Wildman–Crippen LogP) is 3.42. The van der Waals surface area contributed by atoms with Crippen LogP contribution < -0.4 is 15.5 Å². The molecule has 2 atom stereocenters. The SMILES string of the molecule is CCNC(=O)Nc1ccc(-c2nc3c(c(N4C[C@H]5CC[C@@H](C4)O5)n2)CCN(C(C)C)C3)cc1. The number of anilines is 2. The van der Waals surface area contributed by atoms with Gasteiger partial charge in [-0.2, -0.15) is 0 Å². The molecule has 0 unspecified atom stereocenters. The fraction of sp³-hybridized carbons (Fsp3) is 0.560. The average Bonchev–Trinajstić information content (AvgIpc) is 3.15. The van der Waals surface area contributed by atoms with Crippen molar-refractivity contribution in [3.63, 3.8) is 0 Å². The first-order valence-corrected chi connectivity index (χ1v) is 12.2. The summed E-state index contributed by atoms with van der Waals surface area (Å²) in [5.74, 6) is 1.83. The Balaban J connectivity index is 1.47. The lowest BCUT2D eigenvalue weighted by molar-refractivity contribution is 0.0301. The summed E-state index contributed by atoms with van der Waals surface area (Å²) in [4.78, 5) is 26.9. The number of benzene rings is 1. The van der Waals surface area contributed by atoms with Crippen molar-refractivity contribution in [2.24, 2.45) is 0 Å². The molecule has 176 valence electrons. The normalized spacial score (nSPS) is 22.4. The maximum atomic E-state index is 11.8. The molecule has 5 rings (SSSR count). The molecule has 2 N–H and O–H groups in total. The number of rotatable bonds is 5. The number of hydrogen-bond acceptors (Lipinski definition) is 6. The molecule has 0 aliphatic carbocycles. The zero-order chi connectivity index (χ0) is 22.9. The third-order valence-corrected chi connectivity index (χ3v) is 6.88. The van der Waals surface area contributed by atoms with Crippen molar-refractivity contribution in [3.8, 4) is 11.4 Å². The van der Waals surface area contributed by atoms with Crippen LogP contribution in [0.3, 0.4) is 0 Å². The second-order valence-electron chi connectivity index (χ2n) is 9.53. The Labute approximate surface area is 195 Å². The summed E-state index contributed by atoms with van der Waals surface area (Å²) in [6.45, 7) is 10.7. The van der Waals surface area contributed by atoms with Crippen molar-refractivity contribution in [2.75, 3.05) is 36.4 Å². The molecule has 8 heteroatoms. The Hall–Kier alpha value is -2.71. The van der Waals surface area contributed by atoms with Crippen molar-refractivity contribution in [2.45, 2.75) is 64.8 Å². The van der Waals surface area contributed by atoms with Gasteiger partial charge in [-0.05, 0) is 64.3 Å². The van der Waals surface area contributed by atoms with Gasteiger partial charge >= 0.3 is 6.03 Å². The minimum absolute atomic E-state index is 0.201. The molecule has 1 aromatic heterocycles. The van der Waals surface area contributed by atoms with E-state index in [1.54, 1.807) is 0 Å². The van der Waals surface area contributed by atoms with E-state index in [9.17, 15) is 4.79 Å². The highest BCUT2D eigenvalue weighted by molar-refractivity contribution is 5.89. The van der Waals surface area contributed by atoms with Crippen LogP contribution in [0.5, 0.6) is 0 Å². The first-order chi connectivity index (χ1) is 16.0. The fourth-order valence-electron chi connectivity index (χ4n) is 5.09. The molecule has 3 aliphatic heterocycles. The van der Waals surface area contributed by atoms with E-state index in [0.29, 0.717) is 24.8 Å². The van der Waals surface area contributed by atoms with Crippen LogP contribution in [0.4, 0.5) is 16.3 Å². The van der Waals surface area contributed by atoms with Gasteiger partial charge in [0.05, 0.1) is 17.9 Å². The maximum Gasteiger partial charge on any atom is 0.319 e. The van der Waals surface area contributed by atoms with E-state index in [1.165, 1.54) is 5.56 Å². The number of fused-ring (bicyclic) bond motifs is 3. The fourth-order valence-corrected chi connectivity index (χ4v) is 5.09. The Morgan fingerprint density at radius 2 is 1.88 bits per heavy atom. The second-order valence-corrected chi connectivity index (χ2v) is 9.53. The molecule has 1 aromatic carbocycles. The van der Waals surface area contributed by atoms with Crippen LogP contribution in [-0.4, -0.2) is 65.3 Å². The van der Waals surface area contributed by atoms with Crippen molar-refractivity contribution < 1.29 is 9.53 Å². The van der Waals surface area contributed by atoms with E-state index in [-0.39, 0.29) is 6.03 Å². The molecular weight excluding hydrogens is 416 g/mol. The first-order valence-electron chi connectivity index (χ1n) is 12.2. The summed E-state index contributed by atoms with van der Waals surface area (Å²) in [7, 11) is 0. The molecule has 2 saturated heterocycles. The molecule has 2 amide bonds. The quantitative estimate of drug-likeness (QED) is 0.726. The number of carbonyl (C=O) groups excluding carboxylic acids is 1. The summed E-state index contributed by atoms with van der Waals surface area (Å²) in [5, 5.41) is 5.60. The van der Waals surface area contributed by atoms with E-state index >= 15 is 0 Å².